The fourth-order valence-corrected chi connectivity index (χ4v) is 4.63. The molecular formula is C19H37NO. The van der Waals surface area contributed by atoms with Crippen LogP contribution in [0.1, 0.15) is 84.0 Å². The highest BCUT2D eigenvalue weighted by atomic mass is 16.5. The number of nitrogens with one attached hydrogen (secondary N) is 1. The van der Waals surface area contributed by atoms with Gasteiger partial charge in [0.25, 0.3) is 0 Å². The van der Waals surface area contributed by atoms with Crippen LogP contribution in [-0.4, -0.2) is 25.8 Å². The van der Waals surface area contributed by atoms with Gasteiger partial charge in [-0.1, -0.05) is 51.9 Å². The Morgan fingerprint density at radius 1 is 0.857 bits per heavy atom. The smallest absolute Gasteiger partial charge is 0.0755 e. The van der Waals surface area contributed by atoms with Crippen LogP contribution in [0.4, 0.5) is 0 Å². The maximum Gasteiger partial charge on any atom is 0.0755 e. The van der Waals surface area contributed by atoms with Crippen molar-refractivity contribution >= 4 is 0 Å². The monoisotopic (exact) mass is 295 g/mol. The Morgan fingerprint density at radius 2 is 1.38 bits per heavy atom. The summed E-state index contributed by atoms with van der Waals surface area (Å²) in [6.45, 7) is 3.42. The molecule has 1 N–H and O–H groups in total. The van der Waals surface area contributed by atoms with Gasteiger partial charge < -0.3 is 10.1 Å². The van der Waals surface area contributed by atoms with Crippen molar-refractivity contribution in [3.8, 4) is 0 Å². The van der Waals surface area contributed by atoms with Crippen molar-refractivity contribution in [2.75, 3.05) is 13.7 Å². The third-order valence-corrected chi connectivity index (χ3v) is 5.78. The SMILES string of the molecule is CCCNC(C1CCCCCC1)C(OC)C1CCCCC1. The maximum atomic E-state index is 6.08. The summed E-state index contributed by atoms with van der Waals surface area (Å²) in [6.07, 6.45) is 17.3. The van der Waals surface area contributed by atoms with E-state index in [1.807, 2.05) is 7.11 Å². The molecule has 0 radical (unpaired) electrons. The first-order chi connectivity index (χ1) is 10.4. The molecule has 2 aliphatic rings. The molecule has 0 aromatic heterocycles. The van der Waals surface area contributed by atoms with Crippen molar-refractivity contribution in [1.82, 2.24) is 5.32 Å². The molecule has 0 heterocycles. The second-order valence-corrected chi connectivity index (χ2v) is 7.33. The number of hydrogen-bond acceptors (Lipinski definition) is 2. The van der Waals surface area contributed by atoms with Crippen LogP contribution in [0.2, 0.25) is 0 Å². The summed E-state index contributed by atoms with van der Waals surface area (Å²) in [7, 11) is 1.95. The van der Waals surface area contributed by atoms with E-state index >= 15 is 0 Å². The van der Waals surface area contributed by atoms with Crippen molar-refractivity contribution in [3.63, 3.8) is 0 Å². The number of hydrogen-bond donors (Lipinski definition) is 1. The minimum atomic E-state index is 0.444. The van der Waals surface area contributed by atoms with E-state index in [2.05, 4.69) is 12.2 Å². The van der Waals surface area contributed by atoms with Crippen LogP contribution in [0.3, 0.4) is 0 Å². The summed E-state index contributed by atoms with van der Waals surface area (Å²) in [5.41, 5.74) is 0. The average molecular weight is 296 g/mol. The Balaban J connectivity index is 2.03. The van der Waals surface area contributed by atoms with E-state index in [4.69, 9.17) is 4.74 Å². The van der Waals surface area contributed by atoms with Crippen molar-refractivity contribution in [1.29, 1.82) is 0 Å². The Labute approximate surface area is 132 Å². The van der Waals surface area contributed by atoms with Gasteiger partial charge in [0.15, 0.2) is 0 Å². The first-order valence-electron chi connectivity index (χ1n) is 9.63. The van der Waals surface area contributed by atoms with Crippen LogP contribution in [0, 0.1) is 11.8 Å². The van der Waals surface area contributed by atoms with Gasteiger partial charge in [0.1, 0.15) is 0 Å². The lowest BCUT2D eigenvalue weighted by Crippen LogP contribution is -2.50. The van der Waals surface area contributed by atoms with Crippen molar-refractivity contribution < 1.29 is 4.74 Å². The number of methoxy groups -OCH3 is 1. The van der Waals surface area contributed by atoms with E-state index in [9.17, 15) is 0 Å². The molecule has 2 aliphatic carbocycles. The molecule has 2 rings (SSSR count). The lowest BCUT2D eigenvalue weighted by molar-refractivity contribution is -0.00993. The third kappa shape index (κ3) is 5.25. The van der Waals surface area contributed by atoms with Gasteiger partial charge in [-0.05, 0) is 50.5 Å². The fraction of sp³-hybridized carbons (Fsp3) is 1.00. The summed E-state index contributed by atoms with van der Waals surface area (Å²) in [6, 6.07) is 0.594. The summed E-state index contributed by atoms with van der Waals surface area (Å²) in [5.74, 6) is 1.63. The molecule has 0 aromatic carbocycles. The molecule has 21 heavy (non-hydrogen) atoms. The standard InChI is InChI=1S/C19H37NO/c1-3-15-20-18(16-11-7-4-5-8-12-16)19(21-2)17-13-9-6-10-14-17/h16-20H,3-15H2,1-2H3. The number of rotatable bonds is 7. The summed E-state index contributed by atoms with van der Waals surface area (Å²) < 4.78 is 6.08. The first kappa shape index (κ1) is 17.3. The topological polar surface area (TPSA) is 21.3 Å². The Bertz CT molecular complexity index is 254. The van der Waals surface area contributed by atoms with Crippen LogP contribution in [0.5, 0.6) is 0 Å². The lowest BCUT2D eigenvalue weighted by Gasteiger charge is -2.39. The van der Waals surface area contributed by atoms with E-state index in [0.29, 0.717) is 12.1 Å². The van der Waals surface area contributed by atoms with Gasteiger partial charge in [-0.2, -0.15) is 0 Å². The first-order valence-corrected chi connectivity index (χ1v) is 9.63. The van der Waals surface area contributed by atoms with Crippen molar-refractivity contribution in [2.45, 2.75) is 96.1 Å². The molecule has 0 aliphatic heterocycles. The van der Waals surface area contributed by atoms with Crippen LogP contribution >= 0.6 is 0 Å². The van der Waals surface area contributed by atoms with Gasteiger partial charge in [-0.25, -0.2) is 0 Å². The van der Waals surface area contributed by atoms with Gasteiger partial charge in [-0.15, -0.1) is 0 Å². The molecule has 2 heteroatoms. The van der Waals surface area contributed by atoms with Gasteiger partial charge >= 0.3 is 0 Å². The van der Waals surface area contributed by atoms with Crippen LogP contribution in [0.25, 0.3) is 0 Å². The minimum absolute atomic E-state index is 0.444. The molecule has 124 valence electrons. The van der Waals surface area contributed by atoms with Crippen LogP contribution in [0.15, 0.2) is 0 Å². The second kappa shape index (κ2) is 9.84. The minimum Gasteiger partial charge on any atom is -0.380 e. The highest BCUT2D eigenvalue weighted by molar-refractivity contribution is 4.90. The zero-order valence-corrected chi connectivity index (χ0v) is 14.4. The van der Waals surface area contributed by atoms with Crippen LogP contribution in [-0.2, 0) is 4.74 Å². The predicted octanol–water partition coefficient (Wildman–Crippen LogP) is 4.92. The summed E-state index contributed by atoms with van der Waals surface area (Å²) >= 11 is 0. The Kier molecular flexibility index (Phi) is 8.10. The quantitative estimate of drug-likeness (QED) is 0.673. The fourth-order valence-electron chi connectivity index (χ4n) is 4.63. The van der Waals surface area contributed by atoms with Gasteiger partial charge in [-0.3, -0.25) is 0 Å². The molecule has 2 atom stereocenters. The average Bonchev–Trinajstić information content (AvgIpc) is 2.81. The third-order valence-electron chi connectivity index (χ3n) is 5.78. The molecule has 2 saturated carbocycles. The summed E-state index contributed by atoms with van der Waals surface area (Å²) in [4.78, 5) is 0. The molecule has 2 nitrogen and oxygen atoms in total. The molecule has 0 aromatic rings. The molecular weight excluding hydrogens is 258 g/mol. The molecule has 2 unspecified atom stereocenters. The number of ether oxygens (including phenoxy) is 1. The molecule has 0 amide bonds. The van der Waals surface area contributed by atoms with E-state index in [1.54, 1.807) is 0 Å². The van der Waals surface area contributed by atoms with Gasteiger partial charge in [0.05, 0.1) is 6.10 Å². The molecule has 0 bridgehead atoms. The Morgan fingerprint density at radius 3 is 1.90 bits per heavy atom. The lowest BCUT2D eigenvalue weighted by atomic mass is 9.77. The highest BCUT2D eigenvalue weighted by Gasteiger charge is 2.35. The van der Waals surface area contributed by atoms with Gasteiger partial charge in [0.2, 0.25) is 0 Å². The second-order valence-electron chi connectivity index (χ2n) is 7.33. The van der Waals surface area contributed by atoms with E-state index in [1.165, 1.54) is 77.0 Å². The molecule has 0 saturated heterocycles. The zero-order valence-electron chi connectivity index (χ0n) is 14.4. The van der Waals surface area contributed by atoms with E-state index < -0.39 is 0 Å². The zero-order chi connectivity index (χ0) is 14.9. The Hall–Kier alpha value is -0.0800. The largest absolute Gasteiger partial charge is 0.380 e. The van der Waals surface area contributed by atoms with Crippen LogP contribution < -0.4 is 5.32 Å². The van der Waals surface area contributed by atoms with Crippen molar-refractivity contribution in [3.05, 3.63) is 0 Å². The molecule has 0 spiro atoms. The van der Waals surface area contributed by atoms with E-state index in [0.717, 1.165) is 18.4 Å². The van der Waals surface area contributed by atoms with E-state index in [-0.39, 0.29) is 0 Å². The van der Waals surface area contributed by atoms with Crippen molar-refractivity contribution in [2.24, 2.45) is 11.8 Å². The van der Waals surface area contributed by atoms with Gasteiger partial charge in [0, 0.05) is 13.2 Å². The highest BCUT2D eigenvalue weighted by Crippen LogP contribution is 2.34. The predicted molar refractivity (Wildman–Crippen MR) is 90.6 cm³/mol. The normalized spacial score (nSPS) is 25.4. The maximum absolute atomic E-state index is 6.08. The summed E-state index contributed by atoms with van der Waals surface area (Å²) in [5, 5.41) is 3.89. The molecule has 2 fully saturated rings.